The average molecular weight is 298 g/mol. The molecule has 2 N–H and O–H groups in total. The van der Waals surface area contributed by atoms with Gasteiger partial charge in [-0.05, 0) is 37.5 Å². The maximum Gasteiger partial charge on any atom is 0.317 e. The van der Waals surface area contributed by atoms with Gasteiger partial charge in [0, 0.05) is 19.1 Å². The molecule has 2 amide bonds. The molecule has 1 saturated heterocycles. The van der Waals surface area contributed by atoms with Crippen molar-refractivity contribution in [1.82, 2.24) is 10.2 Å². The van der Waals surface area contributed by atoms with Gasteiger partial charge < -0.3 is 15.3 Å². The maximum atomic E-state index is 12.3. The SMILES string of the molecule is CCC1CCCCN1C(=O)NCC(CC(C)(C)C)C(=O)O. The second-order valence-corrected chi connectivity index (χ2v) is 7.24. The van der Waals surface area contributed by atoms with Crippen LogP contribution >= 0.6 is 0 Å². The lowest BCUT2D eigenvalue weighted by Gasteiger charge is -2.35. The molecule has 0 radical (unpaired) electrons. The second-order valence-electron chi connectivity index (χ2n) is 7.24. The van der Waals surface area contributed by atoms with Crippen LogP contribution in [0.5, 0.6) is 0 Å². The van der Waals surface area contributed by atoms with Crippen LogP contribution in [-0.2, 0) is 4.79 Å². The zero-order valence-corrected chi connectivity index (χ0v) is 13.8. The van der Waals surface area contributed by atoms with Gasteiger partial charge in [-0.1, -0.05) is 27.7 Å². The Labute approximate surface area is 128 Å². The Bertz CT molecular complexity index is 363. The van der Waals surface area contributed by atoms with Crippen molar-refractivity contribution < 1.29 is 14.7 Å². The molecule has 1 rings (SSSR count). The van der Waals surface area contributed by atoms with E-state index in [1.165, 1.54) is 6.42 Å². The van der Waals surface area contributed by atoms with E-state index in [4.69, 9.17) is 0 Å². The van der Waals surface area contributed by atoms with Gasteiger partial charge in [0.15, 0.2) is 0 Å². The Morgan fingerprint density at radius 1 is 1.33 bits per heavy atom. The predicted molar refractivity (Wildman–Crippen MR) is 83.2 cm³/mol. The molecule has 0 spiro atoms. The van der Waals surface area contributed by atoms with Crippen molar-refractivity contribution in [3.63, 3.8) is 0 Å². The van der Waals surface area contributed by atoms with Crippen LogP contribution in [0, 0.1) is 11.3 Å². The van der Waals surface area contributed by atoms with Crippen molar-refractivity contribution in [3.8, 4) is 0 Å². The monoisotopic (exact) mass is 298 g/mol. The van der Waals surface area contributed by atoms with Crippen LogP contribution < -0.4 is 5.32 Å². The highest BCUT2D eigenvalue weighted by atomic mass is 16.4. The number of carbonyl (C=O) groups is 2. The number of rotatable bonds is 5. The van der Waals surface area contributed by atoms with Crippen LogP contribution in [0.2, 0.25) is 0 Å². The summed E-state index contributed by atoms with van der Waals surface area (Å²) < 4.78 is 0. The number of carboxylic acid groups (broad SMARTS) is 1. The van der Waals surface area contributed by atoms with Crippen LogP contribution in [0.25, 0.3) is 0 Å². The molecule has 5 heteroatoms. The van der Waals surface area contributed by atoms with Gasteiger partial charge in [-0.25, -0.2) is 4.79 Å². The van der Waals surface area contributed by atoms with E-state index < -0.39 is 11.9 Å². The third-order valence-electron chi connectivity index (χ3n) is 4.07. The van der Waals surface area contributed by atoms with E-state index in [0.29, 0.717) is 12.5 Å². The van der Waals surface area contributed by atoms with Gasteiger partial charge in [0.1, 0.15) is 0 Å². The number of urea groups is 1. The fraction of sp³-hybridized carbons (Fsp3) is 0.875. The van der Waals surface area contributed by atoms with Crippen LogP contribution in [0.1, 0.15) is 59.8 Å². The molecule has 0 aromatic rings. The van der Waals surface area contributed by atoms with Gasteiger partial charge in [0.2, 0.25) is 0 Å². The first kappa shape index (κ1) is 17.8. The Balaban J connectivity index is 2.54. The van der Waals surface area contributed by atoms with Crippen molar-refractivity contribution in [3.05, 3.63) is 0 Å². The average Bonchev–Trinajstić information content (AvgIpc) is 2.41. The summed E-state index contributed by atoms with van der Waals surface area (Å²) in [5, 5.41) is 12.1. The number of hydrogen-bond donors (Lipinski definition) is 2. The molecule has 1 aliphatic heterocycles. The fourth-order valence-corrected chi connectivity index (χ4v) is 2.99. The van der Waals surface area contributed by atoms with E-state index in [1.54, 1.807) is 0 Å². The zero-order valence-electron chi connectivity index (χ0n) is 13.8. The molecule has 1 heterocycles. The lowest BCUT2D eigenvalue weighted by molar-refractivity contribution is -0.142. The minimum Gasteiger partial charge on any atom is -0.481 e. The van der Waals surface area contributed by atoms with Crippen molar-refractivity contribution in [2.45, 2.75) is 65.8 Å². The standard InChI is InChI=1S/C16H30N2O3/c1-5-13-8-6-7-9-18(13)15(21)17-11-12(14(19)20)10-16(2,3)4/h12-13H,5-11H2,1-4H3,(H,17,21)(H,19,20). The molecule has 2 unspecified atom stereocenters. The quantitative estimate of drug-likeness (QED) is 0.819. The lowest BCUT2D eigenvalue weighted by Crippen LogP contribution is -2.50. The van der Waals surface area contributed by atoms with Gasteiger partial charge >= 0.3 is 12.0 Å². The molecule has 2 atom stereocenters. The Morgan fingerprint density at radius 2 is 2.00 bits per heavy atom. The number of carbonyl (C=O) groups excluding carboxylic acids is 1. The summed E-state index contributed by atoms with van der Waals surface area (Å²) in [6, 6.07) is 0.186. The molecule has 0 bridgehead atoms. The van der Waals surface area contributed by atoms with E-state index in [-0.39, 0.29) is 18.0 Å². The highest BCUT2D eigenvalue weighted by Gasteiger charge is 2.28. The number of likely N-dealkylation sites (tertiary alicyclic amines) is 1. The fourth-order valence-electron chi connectivity index (χ4n) is 2.99. The summed E-state index contributed by atoms with van der Waals surface area (Å²) in [5.74, 6) is -1.37. The minimum absolute atomic E-state index is 0.0646. The predicted octanol–water partition coefficient (Wildman–Crippen LogP) is 3.10. The van der Waals surface area contributed by atoms with E-state index in [2.05, 4.69) is 12.2 Å². The minimum atomic E-state index is -0.837. The van der Waals surface area contributed by atoms with Crippen LogP contribution in [0.3, 0.4) is 0 Å². The van der Waals surface area contributed by atoms with Crippen LogP contribution in [-0.4, -0.2) is 41.1 Å². The number of hydrogen-bond acceptors (Lipinski definition) is 2. The van der Waals surface area contributed by atoms with Gasteiger partial charge in [0.05, 0.1) is 5.92 Å². The number of nitrogens with one attached hydrogen (secondary N) is 1. The number of amides is 2. The molecule has 5 nitrogen and oxygen atoms in total. The normalized spacial score (nSPS) is 21.0. The molecule has 0 aliphatic carbocycles. The number of nitrogens with zero attached hydrogens (tertiary/aromatic N) is 1. The first-order chi connectivity index (χ1) is 9.74. The van der Waals surface area contributed by atoms with Gasteiger partial charge in [-0.3, -0.25) is 4.79 Å². The molecular weight excluding hydrogens is 268 g/mol. The molecule has 0 saturated carbocycles. The van der Waals surface area contributed by atoms with E-state index in [1.807, 2.05) is 25.7 Å². The summed E-state index contributed by atoms with van der Waals surface area (Å²) in [6.07, 6.45) is 4.77. The highest BCUT2D eigenvalue weighted by molar-refractivity contribution is 5.76. The smallest absolute Gasteiger partial charge is 0.317 e. The summed E-state index contributed by atoms with van der Waals surface area (Å²) in [7, 11) is 0. The topological polar surface area (TPSA) is 69.6 Å². The van der Waals surface area contributed by atoms with Gasteiger partial charge in [-0.15, -0.1) is 0 Å². The van der Waals surface area contributed by atoms with E-state index in [0.717, 1.165) is 25.8 Å². The van der Waals surface area contributed by atoms with Crippen molar-refractivity contribution >= 4 is 12.0 Å². The summed E-state index contributed by atoms with van der Waals surface area (Å²) >= 11 is 0. The molecule has 0 aromatic heterocycles. The van der Waals surface area contributed by atoms with Crippen LogP contribution in [0.15, 0.2) is 0 Å². The first-order valence-electron chi connectivity index (χ1n) is 8.02. The number of aliphatic carboxylic acids is 1. The molecular formula is C16H30N2O3. The molecule has 1 aliphatic rings. The molecule has 122 valence electrons. The van der Waals surface area contributed by atoms with E-state index in [9.17, 15) is 14.7 Å². The van der Waals surface area contributed by atoms with Crippen molar-refractivity contribution in [1.29, 1.82) is 0 Å². The Morgan fingerprint density at radius 3 is 2.52 bits per heavy atom. The van der Waals surface area contributed by atoms with Crippen molar-refractivity contribution in [2.75, 3.05) is 13.1 Å². The van der Waals surface area contributed by atoms with Gasteiger partial charge in [0.25, 0.3) is 0 Å². The lowest BCUT2D eigenvalue weighted by atomic mass is 9.84. The molecule has 0 aromatic carbocycles. The number of piperidine rings is 1. The summed E-state index contributed by atoms with van der Waals surface area (Å²) in [6.45, 7) is 9.13. The molecule has 21 heavy (non-hydrogen) atoms. The van der Waals surface area contributed by atoms with Crippen LogP contribution in [0.4, 0.5) is 4.79 Å². The zero-order chi connectivity index (χ0) is 16.0. The van der Waals surface area contributed by atoms with E-state index >= 15 is 0 Å². The highest BCUT2D eigenvalue weighted by Crippen LogP contribution is 2.24. The first-order valence-corrected chi connectivity index (χ1v) is 8.02. The Hall–Kier alpha value is -1.26. The third kappa shape index (κ3) is 5.94. The Kier molecular flexibility index (Phi) is 6.49. The second kappa shape index (κ2) is 7.66. The van der Waals surface area contributed by atoms with Gasteiger partial charge in [-0.2, -0.15) is 0 Å². The van der Waals surface area contributed by atoms with Crippen molar-refractivity contribution in [2.24, 2.45) is 11.3 Å². The largest absolute Gasteiger partial charge is 0.481 e. The molecule has 1 fully saturated rings. The third-order valence-corrected chi connectivity index (χ3v) is 4.07. The maximum absolute atomic E-state index is 12.3. The number of carboxylic acids is 1. The summed E-state index contributed by atoms with van der Waals surface area (Å²) in [4.78, 5) is 25.5. The summed E-state index contributed by atoms with van der Waals surface area (Å²) in [5.41, 5.74) is -0.0646.